The fourth-order valence-corrected chi connectivity index (χ4v) is 5.69. The van der Waals surface area contributed by atoms with E-state index in [4.69, 9.17) is 14.7 Å². The third-order valence-corrected chi connectivity index (χ3v) is 8.45. The summed E-state index contributed by atoms with van der Waals surface area (Å²) in [5.74, 6) is 0.433. The molecule has 0 aliphatic carbocycles. The largest absolute Gasteiger partial charge is 0.383 e. The molecule has 2 fully saturated rings. The molecule has 47 heavy (non-hydrogen) atoms. The molecule has 3 aromatic rings. The van der Waals surface area contributed by atoms with Crippen molar-refractivity contribution in [3.8, 4) is 5.69 Å². The van der Waals surface area contributed by atoms with Gasteiger partial charge in [0.15, 0.2) is 0 Å². The monoisotopic (exact) mass is 646 g/mol. The first-order valence-corrected chi connectivity index (χ1v) is 15.6. The number of hydroxylamine groups is 2. The number of urea groups is 1. The lowest BCUT2D eigenvalue weighted by Gasteiger charge is -2.37. The zero-order valence-electron chi connectivity index (χ0n) is 27.6. The lowest BCUT2D eigenvalue weighted by atomic mass is 10.0. The number of nitrogens with zero attached hydrogens (tertiary/aromatic N) is 8. The first-order chi connectivity index (χ1) is 22.7. The molecule has 0 bridgehead atoms. The number of carbonyl (C=O) groups excluding carboxylic acids is 1. The average Bonchev–Trinajstić information content (AvgIpc) is 3.62. The maximum atomic E-state index is 14.0. The first kappa shape index (κ1) is 33.9. The van der Waals surface area contributed by atoms with Crippen molar-refractivity contribution in [2.75, 3.05) is 58.8 Å². The van der Waals surface area contributed by atoms with Crippen molar-refractivity contribution in [2.45, 2.75) is 39.0 Å². The van der Waals surface area contributed by atoms with Gasteiger partial charge in [0.2, 0.25) is 11.9 Å². The minimum Gasteiger partial charge on any atom is -0.383 e. The fraction of sp³-hybridized carbons (Fsp3) is 0.424. The number of pyridine rings is 1. The molecule has 2 amide bonds. The lowest BCUT2D eigenvalue weighted by Crippen LogP contribution is -2.51. The lowest BCUT2D eigenvalue weighted by molar-refractivity contribution is -0.154. The van der Waals surface area contributed by atoms with E-state index in [2.05, 4.69) is 56.1 Å². The van der Waals surface area contributed by atoms with Crippen LogP contribution in [-0.4, -0.2) is 114 Å². The number of anilines is 1. The number of aliphatic imine (C=N–C) groups is 2. The first-order valence-electron chi connectivity index (χ1n) is 15.6. The number of rotatable bonds is 9. The molecule has 3 atom stereocenters. The topological polar surface area (TPSA) is 125 Å². The number of likely N-dealkylation sites (N-methyl/N-ethyl adjacent to an activating group) is 1. The summed E-state index contributed by atoms with van der Waals surface area (Å²) >= 11 is 0. The number of para-hydroxylation sites is 1. The van der Waals surface area contributed by atoms with Gasteiger partial charge in [-0.3, -0.25) is 10.2 Å². The Morgan fingerprint density at radius 3 is 2.72 bits per heavy atom. The Kier molecular flexibility index (Phi) is 11.1. The van der Waals surface area contributed by atoms with Crippen LogP contribution in [0.3, 0.4) is 0 Å². The van der Waals surface area contributed by atoms with Crippen molar-refractivity contribution < 1.29 is 18.8 Å². The number of allylic oxidation sites excluding steroid dienone is 1. The van der Waals surface area contributed by atoms with Crippen molar-refractivity contribution in [2.24, 2.45) is 9.98 Å². The number of hydrogen-bond acceptors (Lipinski definition) is 8. The molecule has 5 rings (SSSR count). The highest BCUT2D eigenvalue weighted by Gasteiger charge is 2.37. The molecular formula is C33H43FN10O3. The summed E-state index contributed by atoms with van der Waals surface area (Å²) in [7, 11) is 3.72. The molecule has 2 aromatic heterocycles. The number of benzene rings is 1. The Labute approximate surface area is 274 Å². The molecule has 2 aliphatic rings. The number of amides is 2. The zero-order valence-corrected chi connectivity index (χ0v) is 27.6. The fourth-order valence-electron chi connectivity index (χ4n) is 5.69. The predicted octanol–water partition coefficient (Wildman–Crippen LogP) is 3.89. The summed E-state index contributed by atoms with van der Waals surface area (Å²) in [6, 6.07) is 12.0. The number of guanidine groups is 1. The highest BCUT2D eigenvalue weighted by molar-refractivity contribution is 5.91. The van der Waals surface area contributed by atoms with Crippen LogP contribution < -0.4 is 10.6 Å². The van der Waals surface area contributed by atoms with E-state index in [-0.39, 0.29) is 0 Å². The van der Waals surface area contributed by atoms with E-state index in [9.17, 15) is 9.18 Å². The number of nitrogens with one attached hydrogen (secondary N) is 2. The normalized spacial score (nSPS) is 21.2. The van der Waals surface area contributed by atoms with Crippen LogP contribution in [0.2, 0.25) is 0 Å². The zero-order chi connectivity index (χ0) is 33.5. The highest BCUT2D eigenvalue weighted by atomic mass is 19.1. The maximum absolute atomic E-state index is 14.0. The third kappa shape index (κ3) is 8.08. The van der Waals surface area contributed by atoms with E-state index in [1.54, 1.807) is 29.1 Å². The Bertz CT molecular complexity index is 1610. The number of halogens is 1. The second-order valence-electron chi connectivity index (χ2n) is 11.8. The second-order valence-corrected chi connectivity index (χ2v) is 11.8. The van der Waals surface area contributed by atoms with E-state index < -0.39 is 24.1 Å². The molecule has 0 unspecified atom stereocenters. The van der Waals surface area contributed by atoms with Crippen LogP contribution >= 0.6 is 0 Å². The minimum absolute atomic E-state index is 0.370. The van der Waals surface area contributed by atoms with Gasteiger partial charge in [-0.2, -0.15) is 14.6 Å². The second kappa shape index (κ2) is 15.4. The van der Waals surface area contributed by atoms with Gasteiger partial charge in [-0.15, -0.1) is 0 Å². The summed E-state index contributed by atoms with van der Waals surface area (Å²) < 4.78 is 20.9. The molecule has 0 saturated carbocycles. The van der Waals surface area contributed by atoms with Crippen LogP contribution in [-0.2, 0) is 9.57 Å². The molecular weight excluding hydrogens is 603 g/mol. The Balaban J connectivity index is 1.40. The summed E-state index contributed by atoms with van der Waals surface area (Å²) in [4.78, 5) is 36.7. The summed E-state index contributed by atoms with van der Waals surface area (Å²) in [6.07, 6.45) is 2.50. The van der Waals surface area contributed by atoms with Crippen LogP contribution in [0.15, 0.2) is 64.8 Å². The Morgan fingerprint density at radius 2 is 2.02 bits per heavy atom. The van der Waals surface area contributed by atoms with Crippen molar-refractivity contribution in [1.82, 2.24) is 34.9 Å². The molecule has 4 heterocycles. The smallest absolute Gasteiger partial charge is 0.320 e. The van der Waals surface area contributed by atoms with Gasteiger partial charge < -0.3 is 19.9 Å². The molecule has 2 aliphatic heterocycles. The van der Waals surface area contributed by atoms with Crippen molar-refractivity contribution in [1.29, 1.82) is 0 Å². The van der Waals surface area contributed by atoms with Gasteiger partial charge in [-0.05, 0) is 69.9 Å². The van der Waals surface area contributed by atoms with Gasteiger partial charge in [0.1, 0.15) is 11.9 Å². The minimum atomic E-state index is -0.624. The van der Waals surface area contributed by atoms with E-state index in [0.717, 1.165) is 36.5 Å². The molecule has 0 radical (unpaired) electrons. The van der Waals surface area contributed by atoms with Gasteiger partial charge in [0, 0.05) is 63.8 Å². The molecule has 2 saturated heterocycles. The molecule has 250 valence electrons. The van der Waals surface area contributed by atoms with Crippen molar-refractivity contribution in [3.05, 3.63) is 77.6 Å². The molecule has 2 N–H and O–H groups in total. The highest BCUT2D eigenvalue weighted by Crippen LogP contribution is 2.31. The summed E-state index contributed by atoms with van der Waals surface area (Å²) in [6.45, 7) is 13.6. The third-order valence-electron chi connectivity index (χ3n) is 8.45. The molecule has 1 aromatic carbocycles. The van der Waals surface area contributed by atoms with E-state index in [0.29, 0.717) is 48.8 Å². The SMILES string of the molecule is C=NC(=N/C=C(\C)c1nn(-c2ccccc2)c(NC(=O)N[C@@H]2CN(CCOC)O[C@H]2c2ccnc(F)c2)c1C)N1CCN(C)[C@@H](C)C1. The number of ether oxygens (including phenoxy) is 1. The number of carbonyl (C=O) groups is 1. The van der Waals surface area contributed by atoms with Crippen LogP contribution in [0.1, 0.15) is 36.8 Å². The van der Waals surface area contributed by atoms with E-state index in [1.807, 2.05) is 44.2 Å². The average molecular weight is 647 g/mol. The van der Waals surface area contributed by atoms with Gasteiger partial charge in [0.05, 0.1) is 24.0 Å². The number of methoxy groups -OCH3 is 1. The van der Waals surface area contributed by atoms with Gasteiger partial charge in [0.25, 0.3) is 0 Å². The van der Waals surface area contributed by atoms with Gasteiger partial charge in [-0.25, -0.2) is 24.4 Å². The van der Waals surface area contributed by atoms with Gasteiger partial charge >= 0.3 is 6.03 Å². The summed E-state index contributed by atoms with van der Waals surface area (Å²) in [5, 5.41) is 12.7. The maximum Gasteiger partial charge on any atom is 0.320 e. The Hall–Kier alpha value is -4.50. The van der Waals surface area contributed by atoms with Crippen molar-refractivity contribution in [3.63, 3.8) is 0 Å². The predicted molar refractivity (Wildman–Crippen MR) is 180 cm³/mol. The van der Waals surface area contributed by atoms with Crippen LogP contribution in [0.5, 0.6) is 0 Å². The molecule has 14 heteroatoms. The quantitative estimate of drug-likeness (QED) is 0.204. The summed E-state index contributed by atoms with van der Waals surface area (Å²) in [5.41, 5.74) is 3.56. The number of hydrogen-bond donors (Lipinski definition) is 2. The van der Waals surface area contributed by atoms with Crippen LogP contribution in [0.4, 0.5) is 15.0 Å². The van der Waals surface area contributed by atoms with E-state index in [1.165, 1.54) is 12.3 Å². The standard InChI is InChI=1S/C33H43FN10O3/c1-22(19-37-32(35-4)42-15-14-41(5)23(2)20-42)29-24(3)31(44(40-29)26-10-8-7-9-11-26)39-33(45)38-27-21-43(16-17-46-6)47-30(27)25-12-13-36-28(34)18-25/h7-13,18-19,23,27,30H,4,14-17,20-21H2,1-3,5-6H3,(H2,38,39,45)/b22-19+,37-32?/t23-,27+,30-/m0/s1. The van der Waals surface area contributed by atoms with Gasteiger partial charge in [-0.1, -0.05) is 18.2 Å². The van der Waals surface area contributed by atoms with Crippen molar-refractivity contribution >= 4 is 30.1 Å². The van der Waals surface area contributed by atoms with E-state index >= 15 is 0 Å². The number of piperazine rings is 1. The molecule has 13 nitrogen and oxygen atoms in total. The van der Waals surface area contributed by atoms with Crippen LogP contribution in [0.25, 0.3) is 11.3 Å². The molecule has 0 spiro atoms. The van der Waals surface area contributed by atoms with Crippen LogP contribution in [0, 0.1) is 12.9 Å². The number of aromatic nitrogens is 3. The Morgan fingerprint density at radius 1 is 1.23 bits per heavy atom.